The van der Waals surface area contributed by atoms with Crippen molar-refractivity contribution in [3.05, 3.63) is 64.9 Å². The molecule has 156 valence electrons. The van der Waals surface area contributed by atoms with E-state index in [0.29, 0.717) is 37.6 Å². The van der Waals surface area contributed by atoms with Gasteiger partial charge in [0, 0.05) is 31.1 Å². The molecule has 2 aromatic rings. The molecule has 0 aliphatic carbocycles. The van der Waals surface area contributed by atoms with Gasteiger partial charge in [-0.25, -0.2) is 4.39 Å². The van der Waals surface area contributed by atoms with E-state index in [1.54, 1.807) is 18.2 Å². The van der Waals surface area contributed by atoms with Gasteiger partial charge < -0.3 is 14.8 Å². The Labute approximate surface area is 175 Å². The standard InChI is InChI=1S/C22H26ClFN2O3/c23-18-7-2-1-6-17(18)20(26-11-14-28-15-12-26)16-25-22(27)10-5-13-29-21-9-4-3-8-19(21)24/h1-4,6-9,20H,5,10-16H2,(H,25,27). The van der Waals surface area contributed by atoms with Crippen LogP contribution in [0.15, 0.2) is 48.5 Å². The van der Waals surface area contributed by atoms with Crippen molar-refractivity contribution in [2.24, 2.45) is 0 Å². The van der Waals surface area contributed by atoms with Crippen LogP contribution in [0.3, 0.4) is 0 Å². The van der Waals surface area contributed by atoms with Gasteiger partial charge in [0.1, 0.15) is 0 Å². The number of benzene rings is 2. The lowest BCUT2D eigenvalue weighted by molar-refractivity contribution is -0.121. The van der Waals surface area contributed by atoms with E-state index in [1.807, 2.05) is 24.3 Å². The molecule has 1 aliphatic rings. The summed E-state index contributed by atoms with van der Waals surface area (Å²) in [7, 11) is 0. The predicted molar refractivity (Wildman–Crippen MR) is 111 cm³/mol. The summed E-state index contributed by atoms with van der Waals surface area (Å²) in [5, 5.41) is 3.70. The molecule has 2 aromatic carbocycles. The molecule has 1 fully saturated rings. The van der Waals surface area contributed by atoms with Crippen LogP contribution in [0.1, 0.15) is 24.4 Å². The summed E-state index contributed by atoms with van der Waals surface area (Å²) < 4.78 is 24.4. The molecule has 0 saturated carbocycles. The second-order valence-corrected chi connectivity index (χ2v) is 7.28. The zero-order chi connectivity index (χ0) is 20.5. The predicted octanol–water partition coefficient (Wildman–Crippen LogP) is 3.83. The number of amides is 1. The number of hydrogen-bond acceptors (Lipinski definition) is 4. The molecule has 0 aromatic heterocycles. The van der Waals surface area contributed by atoms with E-state index in [2.05, 4.69) is 10.2 Å². The molecule has 0 radical (unpaired) electrons. The Balaban J connectivity index is 1.49. The summed E-state index contributed by atoms with van der Waals surface area (Å²) in [5.41, 5.74) is 0.999. The Kier molecular flexibility index (Phi) is 8.28. The van der Waals surface area contributed by atoms with Gasteiger partial charge in [0.05, 0.1) is 25.9 Å². The van der Waals surface area contributed by atoms with E-state index in [1.165, 1.54) is 6.07 Å². The molecular formula is C22H26ClFN2O3. The number of hydrogen-bond donors (Lipinski definition) is 1. The third kappa shape index (κ3) is 6.42. The number of carbonyl (C=O) groups is 1. The highest BCUT2D eigenvalue weighted by Gasteiger charge is 2.24. The van der Waals surface area contributed by atoms with E-state index >= 15 is 0 Å². The Morgan fingerprint density at radius 2 is 1.90 bits per heavy atom. The summed E-state index contributed by atoms with van der Waals surface area (Å²) >= 11 is 6.41. The highest BCUT2D eigenvalue weighted by Crippen LogP contribution is 2.27. The summed E-state index contributed by atoms with van der Waals surface area (Å²) in [5.74, 6) is -0.253. The summed E-state index contributed by atoms with van der Waals surface area (Å²) in [6, 6.07) is 14.0. The van der Waals surface area contributed by atoms with Crippen molar-refractivity contribution < 1.29 is 18.7 Å². The first-order chi connectivity index (χ1) is 14.1. The SMILES string of the molecule is O=C(CCCOc1ccccc1F)NCC(c1ccccc1Cl)N1CCOCC1. The molecule has 1 saturated heterocycles. The minimum Gasteiger partial charge on any atom is -0.491 e. The van der Waals surface area contributed by atoms with E-state index in [-0.39, 0.29) is 24.3 Å². The van der Waals surface area contributed by atoms with E-state index in [9.17, 15) is 9.18 Å². The van der Waals surface area contributed by atoms with Gasteiger partial charge in [-0.2, -0.15) is 0 Å². The minimum atomic E-state index is -0.398. The third-order valence-electron chi connectivity index (χ3n) is 4.89. The van der Waals surface area contributed by atoms with Crippen molar-refractivity contribution in [3.63, 3.8) is 0 Å². The first-order valence-corrected chi connectivity index (χ1v) is 10.2. The molecule has 7 heteroatoms. The molecular weight excluding hydrogens is 395 g/mol. The fraction of sp³-hybridized carbons (Fsp3) is 0.409. The average molecular weight is 421 g/mol. The number of halogens is 2. The number of nitrogens with zero attached hydrogens (tertiary/aromatic N) is 1. The van der Waals surface area contributed by atoms with E-state index in [4.69, 9.17) is 21.1 Å². The van der Waals surface area contributed by atoms with Gasteiger partial charge in [-0.05, 0) is 30.2 Å². The van der Waals surface area contributed by atoms with Gasteiger partial charge in [-0.15, -0.1) is 0 Å². The fourth-order valence-electron chi connectivity index (χ4n) is 3.35. The van der Waals surface area contributed by atoms with E-state index < -0.39 is 5.82 Å². The van der Waals surface area contributed by atoms with Crippen LogP contribution in [0.4, 0.5) is 4.39 Å². The number of carbonyl (C=O) groups excluding carboxylic acids is 1. The lowest BCUT2D eigenvalue weighted by Crippen LogP contribution is -2.44. The summed E-state index contributed by atoms with van der Waals surface area (Å²) in [6.45, 7) is 3.68. The molecule has 1 heterocycles. The third-order valence-corrected chi connectivity index (χ3v) is 5.23. The maximum atomic E-state index is 13.5. The molecule has 3 rings (SSSR count). The Morgan fingerprint density at radius 3 is 2.66 bits per heavy atom. The van der Waals surface area contributed by atoms with Gasteiger partial charge in [0.25, 0.3) is 0 Å². The van der Waals surface area contributed by atoms with E-state index in [0.717, 1.165) is 18.7 Å². The zero-order valence-corrected chi connectivity index (χ0v) is 17.0. The monoisotopic (exact) mass is 420 g/mol. The van der Waals surface area contributed by atoms with Gasteiger partial charge in [0.15, 0.2) is 11.6 Å². The number of ether oxygens (including phenoxy) is 2. The highest BCUT2D eigenvalue weighted by molar-refractivity contribution is 6.31. The summed E-state index contributed by atoms with van der Waals surface area (Å²) in [6.07, 6.45) is 0.821. The van der Waals surface area contributed by atoms with Crippen molar-refractivity contribution >= 4 is 17.5 Å². The van der Waals surface area contributed by atoms with Crippen molar-refractivity contribution in [1.82, 2.24) is 10.2 Å². The van der Waals surface area contributed by atoms with Crippen molar-refractivity contribution in [2.45, 2.75) is 18.9 Å². The van der Waals surface area contributed by atoms with Crippen molar-refractivity contribution in [3.8, 4) is 5.75 Å². The van der Waals surface area contributed by atoms with Crippen LogP contribution in [0.5, 0.6) is 5.75 Å². The molecule has 1 amide bonds. The summed E-state index contributed by atoms with van der Waals surface area (Å²) in [4.78, 5) is 14.6. The fourth-order valence-corrected chi connectivity index (χ4v) is 3.61. The molecule has 1 unspecified atom stereocenters. The van der Waals surface area contributed by atoms with Crippen molar-refractivity contribution in [2.75, 3.05) is 39.5 Å². The number of morpholine rings is 1. The minimum absolute atomic E-state index is 0.00813. The second-order valence-electron chi connectivity index (χ2n) is 6.87. The van der Waals surface area contributed by atoms with Crippen LogP contribution in [0, 0.1) is 5.82 Å². The van der Waals surface area contributed by atoms with Crippen LogP contribution in [-0.2, 0) is 9.53 Å². The molecule has 0 spiro atoms. The zero-order valence-electron chi connectivity index (χ0n) is 16.3. The lowest BCUT2D eigenvalue weighted by atomic mass is 10.0. The van der Waals surface area contributed by atoms with Crippen LogP contribution in [-0.4, -0.2) is 50.3 Å². The normalized spacial score (nSPS) is 15.7. The largest absolute Gasteiger partial charge is 0.491 e. The number of nitrogens with one attached hydrogen (secondary N) is 1. The second kappa shape index (κ2) is 11.1. The molecule has 29 heavy (non-hydrogen) atoms. The van der Waals surface area contributed by atoms with Crippen LogP contribution < -0.4 is 10.1 Å². The lowest BCUT2D eigenvalue weighted by Gasteiger charge is -2.35. The molecule has 1 N–H and O–H groups in total. The smallest absolute Gasteiger partial charge is 0.220 e. The Morgan fingerprint density at radius 1 is 1.17 bits per heavy atom. The number of rotatable bonds is 9. The van der Waals surface area contributed by atoms with Gasteiger partial charge in [-0.3, -0.25) is 9.69 Å². The Bertz CT molecular complexity index is 799. The number of para-hydroxylation sites is 1. The van der Waals surface area contributed by atoms with Crippen LogP contribution >= 0.6 is 11.6 Å². The topological polar surface area (TPSA) is 50.8 Å². The molecule has 0 bridgehead atoms. The average Bonchev–Trinajstić information content (AvgIpc) is 2.74. The van der Waals surface area contributed by atoms with Gasteiger partial charge in [-0.1, -0.05) is 41.9 Å². The maximum absolute atomic E-state index is 13.5. The van der Waals surface area contributed by atoms with Crippen LogP contribution in [0.25, 0.3) is 0 Å². The quantitative estimate of drug-likeness (QED) is 0.626. The first-order valence-electron chi connectivity index (χ1n) is 9.85. The van der Waals surface area contributed by atoms with Crippen LogP contribution in [0.2, 0.25) is 5.02 Å². The Hall–Kier alpha value is -2.15. The molecule has 1 atom stereocenters. The van der Waals surface area contributed by atoms with Gasteiger partial charge >= 0.3 is 0 Å². The van der Waals surface area contributed by atoms with Gasteiger partial charge in [0.2, 0.25) is 5.91 Å². The highest BCUT2D eigenvalue weighted by atomic mass is 35.5. The van der Waals surface area contributed by atoms with Crippen molar-refractivity contribution in [1.29, 1.82) is 0 Å². The molecule has 1 aliphatic heterocycles. The molecule has 5 nitrogen and oxygen atoms in total. The first kappa shape index (κ1) is 21.6. The maximum Gasteiger partial charge on any atom is 0.220 e.